The fourth-order valence-corrected chi connectivity index (χ4v) is 1.41. The first-order chi connectivity index (χ1) is 7.29. The summed E-state index contributed by atoms with van der Waals surface area (Å²) in [6.07, 6.45) is 0.737. The summed E-state index contributed by atoms with van der Waals surface area (Å²) in [5.41, 5.74) is 7.54. The van der Waals surface area contributed by atoms with Gasteiger partial charge in [0, 0.05) is 18.7 Å². The molecule has 5 heteroatoms. The number of hydrogen-bond donors (Lipinski definition) is 1. The van der Waals surface area contributed by atoms with E-state index in [-0.39, 0.29) is 0 Å². The first-order valence-electron chi connectivity index (χ1n) is 4.89. The molecule has 15 heavy (non-hydrogen) atoms. The van der Waals surface area contributed by atoms with E-state index in [9.17, 15) is 0 Å². The quantitative estimate of drug-likeness (QED) is 0.751. The highest BCUT2D eigenvalue weighted by Crippen LogP contribution is 2.09. The minimum Gasteiger partial charge on any atom is -0.399 e. The Kier molecular flexibility index (Phi) is 2.62. The lowest BCUT2D eigenvalue weighted by molar-refractivity contribution is 0.603. The molecule has 5 nitrogen and oxygen atoms in total. The van der Waals surface area contributed by atoms with Crippen LogP contribution in [0.2, 0.25) is 0 Å². The summed E-state index contributed by atoms with van der Waals surface area (Å²) in [5, 5.41) is 11.5. The Bertz CT molecular complexity index is 431. The van der Waals surface area contributed by atoms with Gasteiger partial charge < -0.3 is 5.73 Å². The molecule has 0 aliphatic carbocycles. The molecule has 0 bridgehead atoms. The van der Waals surface area contributed by atoms with Crippen molar-refractivity contribution in [3.8, 4) is 0 Å². The van der Waals surface area contributed by atoms with Crippen LogP contribution in [0.4, 0.5) is 5.69 Å². The smallest absolute Gasteiger partial charge is 0.155 e. The number of nitrogens with two attached hydrogens (primary N) is 1. The van der Waals surface area contributed by atoms with Gasteiger partial charge in [-0.25, -0.2) is 4.68 Å². The zero-order chi connectivity index (χ0) is 10.7. The molecule has 0 saturated carbocycles. The van der Waals surface area contributed by atoms with Gasteiger partial charge in [0.1, 0.15) is 0 Å². The fourth-order valence-electron chi connectivity index (χ4n) is 1.41. The summed E-state index contributed by atoms with van der Waals surface area (Å²) in [5.74, 6) is 0.877. The van der Waals surface area contributed by atoms with Gasteiger partial charge in [-0.2, -0.15) is 0 Å². The fraction of sp³-hybridized carbons (Fsp3) is 0.300. The van der Waals surface area contributed by atoms with Crippen molar-refractivity contribution in [2.75, 3.05) is 5.73 Å². The monoisotopic (exact) mass is 203 g/mol. The lowest BCUT2D eigenvalue weighted by Gasteiger charge is -2.01. The summed E-state index contributed by atoms with van der Waals surface area (Å²) < 4.78 is 1.79. The van der Waals surface area contributed by atoms with Crippen LogP contribution in [0.25, 0.3) is 0 Å². The van der Waals surface area contributed by atoms with Gasteiger partial charge >= 0.3 is 0 Å². The van der Waals surface area contributed by atoms with Crippen LogP contribution in [0.1, 0.15) is 18.3 Å². The van der Waals surface area contributed by atoms with E-state index in [0.29, 0.717) is 0 Å². The number of hydrogen-bond acceptors (Lipinski definition) is 4. The second-order valence-corrected chi connectivity index (χ2v) is 3.33. The average Bonchev–Trinajstić information content (AvgIpc) is 2.69. The zero-order valence-corrected chi connectivity index (χ0v) is 8.59. The number of benzene rings is 1. The number of nitrogens with zero attached hydrogens (tertiary/aromatic N) is 4. The molecule has 0 atom stereocenters. The highest BCUT2D eigenvalue weighted by molar-refractivity contribution is 5.39. The molecule has 0 unspecified atom stereocenters. The van der Waals surface area contributed by atoms with Gasteiger partial charge in [-0.1, -0.05) is 12.1 Å². The molecule has 0 aliphatic heterocycles. The van der Waals surface area contributed by atoms with Gasteiger partial charge in [0.2, 0.25) is 0 Å². The highest BCUT2D eigenvalue weighted by Gasteiger charge is 2.04. The van der Waals surface area contributed by atoms with E-state index in [1.165, 1.54) is 0 Å². The van der Waals surface area contributed by atoms with Crippen LogP contribution >= 0.6 is 0 Å². The van der Waals surface area contributed by atoms with Crippen LogP contribution in [-0.2, 0) is 13.0 Å². The average molecular weight is 203 g/mol. The molecule has 78 valence electrons. The minimum atomic E-state index is 0.737. The Morgan fingerprint density at radius 1 is 1.27 bits per heavy atom. The molecule has 0 spiro atoms. The third-order valence-corrected chi connectivity index (χ3v) is 2.25. The van der Waals surface area contributed by atoms with Crippen LogP contribution in [0.3, 0.4) is 0 Å². The summed E-state index contributed by atoms with van der Waals surface area (Å²) in [6.45, 7) is 2.81. The highest BCUT2D eigenvalue weighted by atomic mass is 15.5. The van der Waals surface area contributed by atoms with Crippen molar-refractivity contribution in [3.05, 3.63) is 35.7 Å². The minimum absolute atomic E-state index is 0.737. The molecule has 2 N–H and O–H groups in total. The topological polar surface area (TPSA) is 69.6 Å². The summed E-state index contributed by atoms with van der Waals surface area (Å²) in [7, 11) is 0. The molecule has 0 aliphatic rings. The SMILES string of the molecule is CCn1nnnc1Cc1ccc(N)cc1. The molecule has 2 rings (SSSR count). The number of rotatable bonds is 3. The van der Waals surface area contributed by atoms with E-state index in [0.717, 1.165) is 30.0 Å². The first-order valence-corrected chi connectivity index (χ1v) is 4.89. The van der Waals surface area contributed by atoms with Crippen molar-refractivity contribution in [3.63, 3.8) is 0 Å². The van der Waals surface area contributed by atoms with Gasteiger partial charge in [0.25, 0.3) is 0 Å². The number of anilines is 1. The molecule has 0 fully saturated rings. The molecule has 0 radical (unpaired) electrons. The van der Waals surface area contributed by atoms with E-state index in [2.05, 4.69) is 15.5 Å². The van der Waals surface area contributed by atoms with E-state index < -0.39 is 0 Å². The molecular formula is C10H13N5. The Hall–Kier alpha value is -1.91. The largest absolute Gasteiger partial charge is 0.399 e. The van der Waals surface area contributed by atoms with Gasteiger partial charge in [0.05, 0.1) is 0 Å². The zero-order valence-electron chi connectivity index (χ0n) is 8.59. The van der Waals surface area contributed by atoms with Gasteiger partial charge in [-0.3, -0.25) is 0 Å². The van der Waals surface area contributed by atoms with E-state index in [4.69, 9.17) is 5.73 Å². The predicted octanol–water partition coefficient (Wildman–Crippen LogP) is 0.866. The first kappa shape index (κ1) is 9.64. The molecule has 0 saturated heterocycles. The lowest BCUT2D eigenvalue weighted by Crippen LogP contribution is -2.04. The Morgan fingerprint density at radius 2 is 2.00 bits per heavy atom. The van der Waals surface area contributed by atoms with Crippen LogP contribution in [0.15, 0.2) is 24.3 Å². The Balaban J connectivity index is 2.18. The van der Waals surface area contributed by atoms with Crippen LogP contribution in [0.5, 0.6) is 0 Å². The second kappa shape index (κ2) is 4.08. The van der Waals surface area contributed by atoms with Crippen LogP contribution in [-0.4, -0.2) is 20.2 Å². The third kappa shape index (κ3) is 2.12. The predicted molar refractivity (Wildman–Crippen MR) is 57.2 cm³/mol. The molecule has 1 aromatic carbocycles. The molecule has 2 aromatic rings. The molecular weight excluding hydrogens is 190 g/mol. The maximum absolute atomic E-state index is 5.61. The Labute approximate surface area is 87.9 Å². The second-order valence-electron chi connectivity index (χ2n) is 3.33. The van der Waals surface area contributed by atoms with Crippen molar-refractivity contribution in [2.24, 2.45) is 0 Å². The van der Waals surface area contributed by atoms with Crippen LogP contribution in [0, 0.1) is 0 Å². The number of aromatic nitrogens is 4. The standard InChI is InChI=1S/C10H13N5/c1-2-15-10(12-13-14-15)7-8-3-5-9(11)6-4-8/h3-6H,2,7,11H2,1H3. The van der Waals surface area contributed by atoms with Crippen molar-refractivity contribution < 1.29 is 0 Å². The van der Waals surface area contributed by atoms with E-state index in [1.807, 2.05) is 31.2 Å². The molecule has 1 heterocycles. The maximum atomic E-state index is 5.61. The summed E-state index contributed by atoms with van der Waals surface area (Å²) in [6, 6.07) is 7.75. The van der Waals surface area contributed by atoms with Crippen molar-refractivity contribution in [1.82, 2.24) is 20.2 Å². The lowest BCUT2D eigenvalue weighted by atomic mass is 10.1. The normalized spacial score (nSPS) is 10.5. The van der Waals surface area contributed by atoms with Crippen molar-refractivity contribution in [1.29, 1.82) is 0 Å². The van der Waals surface area contributed by atoms with Crippen molar-refractivity contribution in [2.45, 2.75) is 19.9 Å². The molecule has 0 amide bonds. The Morgan fingerprint density at radius 3 is 2.67 bits per heavy atom. The van der Waals surface area contributed by atoms with Gasteiger partial charge in [0.15, 0.2) is 5.82 Å². The number of tetrazole rings is 1. The van der Waals surface area contributed by atoms with Gasteiger partial charge in [-0.15, -0.1) is 5.10 Å². The summed E-state index contributed by atoms with van der Waals surface area (Å²) >= 11 is 0. The van der Waals surface area contributed by atoms with Crippen LogP contribution < -0.4 is 5.73 Å². The van der Waals surface area contributed by atoms with E-state index in [1.54, 1.807) is 4.68 Å². The van der Waals surface area contributed by atoms with Gasteiger partial charge in [-0.05, 0) is 35.0 Å². The third-order valence-electron chi connectivity index (χ3n) is 2.25. The summed E-state index contributed by atoms with van der Waals surface area (Å²) in [4.78, 5) is 0. The maximum Gasteiger partial charge on any atom is 0.155 e. The van der Waals surface area contributed by atoms with E-state index >= 15 is 0 Å². The number of aryl methyl sites for hydroxylation is 1. The van der Waals surface area contributed by atoms with Crippen molar-refractivity contribution >= 4 is 5.69 Å². The molecule has 1 aromatic heterocycles. The number of nitrogen functional groups attached to an aromatic ring is 1.